The van der Waals surface area contributed by atoms with E-state index in [9.17, 15) is 4.79 Å². The summed E-state index contributed by atoms with van der Waals surface area (Å²) in [6, 6.07) is 0. The van der Waals surface area contributed by atoms with Crippen LogP contribution in [0.2, 0.25) is 0 Å². The molecule has 1 atom stereocenters. The zero-order valence-corrected chi connectivity index (χ0v) is 10.6. The first-order valence-electron chi connectivity index (χ1n) is 6.11. The molecular formula is C13H16N4O. The van der Waals surface area contributed by atoms with E-state index in [-0.39, 0.29) is 17.2 Å². The number of carbonyl (C=O) groups is 1. The van der Waals surface area contributed by atoms with Crippen molar-refractivity contribution in [1.82, 2.24) is 19.7 Å². The van der Waals surface area contributed by atoms with E-state index in [1.165, 1.54) is 0 Å². The van der Waals surface area contributed by atoms with E-state index in [4.69, 9.17) is 0 Å². The number of hydrogen-bond donors (Lipinski definition) is 1. The van der Waals surface area contributed by atoms with Crippen molar-refractivity contribution >= 4 is 11.6 Å². The third-order valence-corrected chi connectivity index (χ3v) is 3.67. The highest BCUT2D eigenvalue weighted by molar-refractivity contribution is 5.82. The Morgan fingerprint density at radius 1 is 1.56 bits per heavy atom. The smallest absolute Gasteiger partial charge is 0.223 e. The first kappa shape index (κ1) is 11.2. The van der Waals surface area contributed by atoms with Crippen LogP contribution >= 0.6 is 0 Å². The van der Waals surface area contributed by atoms with Crippen molar-refractivity contribution in [2.75, 3.05) is 0 Å². The number of rotatable bonds is 3. The lowest BCUT2D eigenvalue weighted by Gasteiger charge is -2.06. The average Bonchev–Trinajstić information content (AvgIpc) is 2.83. The fourth-order valence-corrected chi connectivity index (χ4v) is 2.24. The summed E-state index contributed by atoms with van der Waals surface area (Å²) in [5.74, 6) is 0.308. The molecule has 3 rings (SSSR count). The number of imidazole rings is 1. The standard InChI is InChI=1S/C13H16N4O/c1-13(2)5-10(13)12(18)16-7-9-6-15-11-8-14-3-4-17(9)11/h3-4,6,8,10H,5,7H2,1-2H3,(H,16,18)/t10-/m0/s1. The van der Waals surface area contributed by atoms with E-state index in [1.54, 1.807) is 18.6 Å². The molecule has 2 aromatic rings. The lowest BCUT2D eigenvalue weighted by atomic mass is 10.1. The quantitative estimate of drug-likeness (QED) is 0.887. The maximum absolute atomic E-state index is 11.9. The van der Waals surface area contributed by atoms with Gasteiger partial charge in [-0.05, 0) is 11.8 Å². The molecule has 18 heavy (non-hydrogen) atoms. The third kappa shape index (κ3) is 1.85. The molecular weight excluding hydrogens is 228 g/mol. The Kier molecular flexibility index (Phi) is 2.36. The summed E-state index contributed by atoms with van der Waals surface area (Å²) in [4.78, 5) is 20.1. The highest BCUT2D eigenvalue weighted by Gasteiger charge is 2.50. The third-order valence-electron chi connectivity index (χ3n) is 3.67. The Bertz CT molecular complexity index is 602. The largest absolute Gasteiger partial charge is 0.350 e. The first-order chi connectivity index (χ1) is 8.58. The van der Waals surface area contributed by atoms with Crippen LogP contribution in [0.1, 0.15) is 26.0 Å². The number of aromatic nitrogens is 3. The van der Waals surface area contributed by atoms with Gasteiger partial charge >= 0.3 is 0 Å². The molecule has 0 aromatic carbocycles. The minimum atomic E-state index is 0.143. The summed E-state index contributed by atoms with van der Waals surface area (Å²) >= 11 is 0. The van der Waals surface area contributed by atoms with Crippen molar-refractivity contribution in [2.24, 2.45) is 11.3 Å². The van der Waals surface area contributed by atoms with Gasteiger partial charge in [-0.2, -0.15) is 0 Å². The van der Waals surface area contributed by atoms with Gasteiger partial charge in [0.15, 0.2) is 5.65 Å². The molecule has 1 aliphatic rings. The molecule has 0 bridgehead atoms. The summed E-state index contributed by atoms with van der Waals surface area (Å²) in [5.41, 5.74) is 1.95. The van der Waals surface area contributed by atoms with Gasteiger partial charge in [0.05, 0.1) is 24.6 Å². The molecule has 2 aromatic heterocycles. The summed E-state index contributed by atoms with van der Waals surface area (Å²) in [7, 11) is 0. The van der Waals surface area contributed by atoms with Crippen molar-refractivity contribution in [3.63, 3.8) is 0 Å². The molecule has 5 heteroatoms. The van der Waals surface area contributed by atoms with Crippen LogP contribution in [0.3, 0.4) is 0 Å². The zero-order chi connectivity index (χ0) is 12.8. The van der Waals surface area contributed by atoms with Crippen LogP contribution in [-0.2, 0) is 11.3 Å². The van der Waals surface area contributed by atoms with Crippen LogP contribution in [0.25, 0.3) is 5.65 Å². The van der Waals surface area contributed by atoms with Crippen molar-refractivity contribution < 1.29 is 4.79 Å². The van der Waals surface area contributed by atoms with Crippen molar-refractivity contribution in [3.8, 4) is 0 Å². The van der Waals surface area contributed by atoms with Crippen molar-refractivity contribution in [1.29, 1.82) is 0 Å². The second kappa shape index (κ2) is 3.80. The van der Waals surface area contributed by atoms with Crippen LogP contribution in [0.15, 0.2) is 24.8 Å². The number of hydrogen-bond acceptors (Lipinski definition) is 3. The number of amides is 1. The summed E-state index contributed by atoms with van der Waals surface area (Å²) in [6.45, 7) is 4.75. The van der Waals surface area contributed by atoms with Gasteiger partial charge < -0.3 is 5.32 Å². The lowest BCUT2D eigenvalue weighted by molar-refractivity contribution is -0.123. The molecule has 0 radical (unpaired) electrons. The normalized spacial score (nSPS) is 20.9. The maximum atomic E-state index is 11.9. The minimum absolute atomic E-state index is 0.143. The summed E-state index contributed by atoms with van der Waals surface area (Å²) in [6.07, 6.45) is 8.02. The SMILES string of the molecule is CC1(C)C[C@H]1C(=O)NCc1cnc2cnccn12. The molecule has 94 valence electrons. The molecule has 2 heterocycles. The van der Waals surface area contributed by atoms with Crippen LogP contribution in [0.4, 0.5) is 0 Å². The van der Waals surface area contributed by atoms with Gasteiger partial charge in [-0.1, -0.05) is 13.8 Å². The van der Waals surface area contributed by atoms with E-state index in [0.717, 1.165) is 17.8 Å². The maximum Gasteiger partial charge on any atom is 0.223 e. The van der Waals surface area contributed by atoms with Crippen LogP contribution < -0.4 is 5.32 Å². The van der Waals surface area contributed by atoms with Crippen molar-refractivity contribution in [3.05, 3.63) is 30.5 Å². The van der Waals surface area contributed by atoms with E-state index in [2.05, 4.69) is 29.1 Å². The molecule has 0 unspecified atom stereocenters. The van der Waals surface area contributed by atoms with E-state index in [0.29, 0.717) is 6.54 Å². The summed E-state index contributed by atoms with van der Waals surface area (Å²) in [5, 5.41) is 2.97. The second-order valence-corrected chi connectivity index (χ2v) is 5.52. The van der Waals surface area contributed by atoms with Crippen LogP contribution in [-0.4, -0.2) is 20.3 Å². The van der Waals surface area contributed by atoms with E-state index < -0.39 is 0 Å². The molecule has 0 aliphatic heterocycles. The fraction of sp³-hybridized carbons (Fsp3) is 0.462. The highest BCUT2D eigenvalue weighted by Crippen LogP contribution is 2.51. The molecule has 1 saturated carbocycles. The van der Waals surface area contributed by atoms with E-state index in [1.807, 2.05) is 10.6 Å². The average molecular weight is 244 g/mol. The predicted octanol–water partition coefficient (Wildman–Crippen LogP) is 1.39. The van der Waals surface area contributed by atoms with Gasteiger partial charge in [-0.25, -0.2) is 4.98 Å². The van der Waals surface area contributed by atoms with Crippen LogP contribution in [0, 0.1) is 11.3 Å². The Balaban J connectivity index is 1.69. The van der Waals surface area contributed by atoms with Gasteiger partial charge in [0.1, 0.15) is 0 Å². The number of carbonyl (C=O) groups excluding carboxylic acids is 1. The Hall–Kier alpha value is -1.91. The van der Waals surface area contributed by atoms with Gasteiger partial charge in [-0.15, -0.1) is 0 Å². The lowest BCUT2D eigenvalue weighted by Crippen LogP contribution is -2.26. The number of fused-ring (bicyclic) bond motifs is 1. The Morgan fingerprint density at radius 2 is 2.33 bits per heavy atom. The van der Waals surface area contributed by atoms with Gasteiger partial charge in [0, 0.05) is 18.3 Å². The molecule has 1 fully saturated rings. The van der Waals surface area contributed by atoms with Crippen molar-refractivity contribution in [2.45, 2.75) is 26.8 Å². The Labute approximate surface area is 105 Å². The van der Waals surface area contributed by atoms with Gasteiger partial charge in [-0.3, -0.25) is 14.2 Å². The highest BCUT2D eigenvalue weighted by atomic mass is 16.2. The molecule has 1 N–H and O–H groups in total. The molecule has 0 saturated heterocycles. The fourth-order valence-electron chi connectivity index (χ4n) is 2.24. The second-order valence-electron chi connectivity index (χ2n) is 5.52. The predicted molar refractivity (Wildman–Crippen MR) is 66.7 cm³/mol. The minimum Gasteiger partial charge on any atom is -0.350 e. The molecule has 1 aliphatic carbocycles. The van der Waals surface area contributed by atoms with Gasteiger partial charge in [0.25, 0.3) is 0 Å². The monoisotopic (exact) mass is 244 g/mol. The van der Waals surface area contributed by atoms with E-state index >= 15 is 0 Å². The molecule has 0 spiro atoms. The molecule has 1 amide bonds. The number of nitrogens with zero attached hydrogens (tertiary/aromatic N) is 3. The Morgan fingerprint density at radius 3 is 3.06 bits per heavy atom. The zero-order valence-electron chi connectivity index (χ0n) is 10.6. The summed E-state index contributed by atoms with van der Waals surface area (Å²) < 4.78 is 1.94. The topological polar surface area (TPSA) is 59.3 Å². The van der Waals surface area contributed by atoms with Crippen LogP contribution in [0.5, 0.6) is 0 Å². The first-order valence-corrected chi connectivity index (χ1v) is 6.11. The molecule has 5 nitrogen and oxygen atoms in total. The van der Waals surface area contributed by atoms with Gasteiger partial charge in [0.2, 0.25) is 5.91 Å². The number of nitrogens with one attached hydrogen (secondary N) is 1.